The van der Waals surface area contributed by atoms with Crippen LogP contribution in [0.15, 0.2) is 224 Å². The van der Waals surface area contributed by atoms with Crippen LogP contribution in [0.2, 0.25) is 0 Å². The standard InChI is InChI=1S/C63H37N3S/c1-3-17-42-38(14-1)30-32-49-46-18-4-9-26-57(46)66(63(42)49)58-27-11-16-39-34-51-47-19-5-8-25-55(47)65(59(51)37-50(39)58)56-28-13-22-43-44(21-12-23-45(43)56)53-35-40-15-2-7-24-54(40)64-62(53)41-31-33-61-52(36-41)48-20-6-10-29-60(48)67-61/h1-37H. The summed E-state index contributed by atoms with van der Waals surface area (Å²) in [7, 11) is 0. The second kappa shape index (κ2) is 14.0. The van der Waals surface area contributed by atoms with Gasteiger partial charge in [-0.2, -0.15) is 0 Å². The maximum absolute atomic E-state index is 5.46. The Labute approximate surface area is 388 Å². The fraction of sp³-hybridized carbons (Fsp3) is 0. The molecule has 4 aromatic heterocycles. The van der Waals surface area contributed by atoms with Gasteiger partial charge in [-0.15, -0.1) is 11.3 Å². The van der Waals surface area contributed by atoms with E-state index < -0.39 is 0 Å². The SMILES string of the molecule is c1ccc2nc(-c3ccc4sc5ccccc5c4c3)c(-c3cccc4c(-n5c6ccccc6c6cc7cccc(-n8c9ccccc9c9ccc%10ccccc%10c98)c7cc65)cccc34)cc2c1. The molecular weight excluding hydrogens is 831 g/mol. The van der Waals surface area contributed by atoms with Crippen molar-refractivity contribution in [3.63, 3.8) is 0 Å². The molecule has 67 heavy (non-hydrogen) atoms. The molecule has 0 bridgehead atoms. The van der Waals surface area contributed by atoms with Gasteiger partial charge >= 0.3 is 0 Å². The van der Waals surface area contributed by atoms with Crippen LogP contribution in [0.25, 0.3) is 141 Å². The van der Waals surface area contributed by atoms with Gasteiger partial charge < -0.3 is 9.13 Å². The van der Waals surface area contributed by atoms with Crippen molar-refractivity contribution < 1.29 is 0 Å². The second-order valence-electron chi connectivity index (χ2n) is 17.8. The average molecular weight is 868 g/mol. The van der Waals surface area contributed by atoms with Gasteiger partial charge in [0.15, 0.2) is 0 Å². The zero-order valence-corrected chi connectivity index (χ0v) is 36.9. The Hall–Kier alpha value is -8.57. The van der Waals surface area contributed by atoms with Crippen molar-refractivity contribution in [1.29, 1.82) is 0 Å². The minimum Gasteiger partial charge on any atom is -0.309 e. The Kier molecular flexibility index (Phi) is 7.66. The molecule has 0 fully saturated rings. The Morgan fingerprint density at radius 3 is 1.84 bits per heavy atom. The van der Waals surface area contributed by atoms with Crippen LogP contribution in [0.3, 0.4) is 0 Å². The first-order valence-electron chi connectivity index (χ1n) is 22.9. The molecule has 11 aromatic carbocycles. The number of pyridine rings is 1. The Morgan fingerprint density at radius 1 is 0.313 bits per heavy atom. The van der Waals surface area contributed by atoms with Gasteiger partial charge in [0.2, 0.25) is 0 Å². The van der Waals surface area contributed by atoms with E-state index in [1.54, 1.807) is 0 Å². The summed E-state index contributed by atoms with van der Waals surface area (Å²) in [6, 6.07) is 82.8. The summed E-state index contributed by atoms with van der Waals surface area (Å²) in [6.07, 6.45) is 0. The van der Waals surface area contributed by atoms with Crippen molar-refractivity contribution in [2.75, 3.05) is 0 Å². The number of nitrogens with zero attached hydrogens (tertiary/aromatic N) is 3. The van der Waals surface area contributed by atoms with Crippen molar-refractivity contribution in [2.45, 2.75) is 0 Å². The molecule has 0 saturated heterocycles. The van der Waals surface area contributed by atoms with E-state index in [-0.39, 0.29) is 0 Å². The summed E-state index contributed by atoms with van der Waals surface area (Å²) in [5, 5.41) is 15.9. The molecule has 0 radical (unpaired) electrons. The predicted octanol–water partition coefficient (Wildman–Crippen LogP) is 17.6. The number of hydrogen-bond donors (Lipinski definition) is 0. The topological polar surface area (TPSA) is 22.8 Å². The Balaban J connectivity index is 0.991. The third kappa shape index (κ3) is 5.30. The first-order chi connectivity index (χ1) is 33.2. The second-order valence-corrected chi connectivity index (χ2v) is 18.9. The molecule has 15 aromatic rings. The molecule has 15 rings (SSSR count). The highest BCUT2D eigenvalue weighted by Gasteiger charge is 2.21. The molecule has 310 valence electrons. The van der Waals surface area contributed by atoms with Gasteiger partial charge in [-0.3, -0.25) is 0 Å². The van der Waals surface area contributed by atoms with Crippen molar-refractivity contribution >= 4 is 118 Å². The molecule has 0 aliphatic heterocycles. The van der Waals surface area contributed by atoms with E-state index in [9.17, 15) is 0 Å². The largest absolute Gasteiger partial charge is 0.309 e. The molecule has 0 spiro atoms. The third-order valence-corrected chi connectivity index (χ3v) is 15.4. The van der Waals surface area contributed by atoms with Gasteiger partial charge in [-0.05, 0) is 88.5 Å². The highest BCUT2D eigenvalue weighted by molar-refractivity contribution is 7.25. The number of thiophene rings is 1. The number of para-hydroxylation sites is 3. The van der Waals surface area contributed by atoms with E-state index in [0.717, 1.165) is 39.0 Å². The molecular formula is C63H37N3S. The molecule has 4 heterocycles. The molecule has 4 heteroatoms. The number of fused-ring (bicyclic) bond motifs is 14. The average Bonchev–Trinajstić information content (AvgIpc) is 4.04. The van der Waals surface area contributed by atoms with E-state index >= 15 is 0 Å². The van der Waals surface area contributed by atoms with Crippen LogP contribution in [-0.4, -0.2) is 14.1 Å². The number of aromatic nitrogens is 3. The van der Waals surface area contributed by atoms with Crippen LogP contribution in [0, 0.1) is 0 Å². The molecule has 0 aliphatic carbocycles. The van der Waals surface area contributed by atoms with E-state index in [4.69, 9.17) is 4.98 Å². The normalized spacial score (nSPS) is 12.2. The van der Waals surface area contributed by atoms with Crippen molar-refractivity contribution in [3.8, 4) is 33.8 Å². The van der Waals surface area contributed by atoms with Crippen molar-refractivity contribution in [2.24, 2.45) is 0 Å². The smallest absolute Gasteiger partial charge is 0.0788 e. The quantitative estimate of drug-likeness (QED) is 0.173. The summed E-state index contributed by atoms with van der Waals surface area (Å²) in [5.41, 5.74) is 12.5. The monoisotopic (exact) mass is 867 g/mol. The van der Waals surface area contributed by atoms with Crippen LogP contribution in [0.1, 0.15) is 0 Å². The number of rotatable bonds is 4. The van der Waals surface area contributed by atoms with E-state index in [1.165, 1.54) is 102 Å². The highest BCUT2D eigenvalue weighted by atomic mass is 32.1. The fourth-order valence-corrected chi connectivity index (χ4v) is 12.4. The lowest BCUT2D eigenvalue weighted by molar-refractivity contribution is 1.19. The molecule has 0 amide bonds. The lowest BCUT2D eigenvalue weighted by atomic mass is 9.92. The lowest BCUT2D eigenvalue weighted by Crippen LogP contribution is -1.98. The van der Waals surface area contributed by atoms with Gasteiger partial charge in [-0.25, -0.2) is 4.98 Å². The van der Waals surface area contributed by atoms with Crippen LogP contribution in [-0.2, 0) is 0 Å². The molecule has 0 atom stereocenters. The van der Waals surface area contributed by atoms with Gasteiger partial charge in [-0.1, -0.05) is 158 Å². The van der Waals surface area contributed by atoms with Gasteiger partial charge in [0.1, 0.15) is 0 Å². The zero-order chi connectivity index (χ0) is 43.7. The maximum atomic E-state index is 5.46. The maximum Gasteiger partial charge on any atom is 0.0788 e. The van der Waals surface area contributed by atoms with Crippen molar-refractivity contribution in [3.05, 3.63) is 224 Å². The van der Waals surface area contributed by atoms with E-state index in [0.29, 0.717) is 0 Å². The summed E-state index contributed by atoms with van der Waals surface area (Å²) in [5.74, 6) is 0. The summed E-state index contributed by atoms with van der Waals surface area (Å²) in [6.45, 7) is 0. The zero-order valence-electron chi connectivity index (χ0n) is 36.1. The predicted molar refractivity (Wildman–Crippen MR) is 287 cm³/mol. The molecule has 0 N–H and O–H groups in total. The first kappa shape index (κ1) is 36.7. The lowest BCUT2D eigenvalue weighted by Gasteiger charge is -2.17. The Bertz CT molecular complexity index is 4580. The number of hydrogen-bond acceptors (Lipinski definition) is 2. The summed E-state index contributed by atoms with van der Waals surface area (Å²) >= 11 is 1.85. The molecule has 0 saturated carbocycles. The van der Waals surface area contributed by atoms with Gasteiger partial charge in [0.25, 0.3) is 0 Å². The van der Waals surface area contributed by atoms with E-state index in [2.05, 4.69) is 234 Å². The van der Waals surface area contributed by atoms with Crippen LogP contribution < -0.4 is 0 Å². The highest BCUT2D eigenvalue weighted by Crippen LogP contribution is 2.45. The van der Waals surface area contributed by atoms with E-state index in [1.807, 2.05) is 11.3 Å². The molecule has 3 nitrogen and oxygen atoms in total. The molecule has 0 unspecified atom stereocenters. The van der Waals surface area contributed by atoms with Gasteiger partial charge in [0, 0.05) is 74.4 Å². The van der Waals surface area contributed by atoms with Crippen LogP contribution >= 0.6 is 11.3 Å². The summed E-state index contributed by atoms with van der Waals surface area (Å²) < 4.78 is 7.60. The number of benzene rings is 11. The summed E-state index contributed by atoms with van der Waals surface area (Å²) in [4.78, 5) is 5.46. The minimum atomic E-state index is 0.988. The van der Waals surface area contributed by atoms with Crippen molar-refractivity contribution in [1.82, 2.24) is 14.1 Å². The van der Waals surface area contributed by atoms with Crippen LogP contribution in [0.5, 0.6) is 0 Å². The fourth-order valence-electron chi connectivity index (χ4n) is 11.3. The molecule has 0 aliphatic rings. The first-order valence-corrected chi connectivity index (χ1v) is 23.8. The third-order valence-electron chi connectivity index (χ3n) is 14.3. The minimum absolute atomic E-state index is 0.988. The Morgan fingerprint density at radius 2 is 0.955 bits per heavy atom. The van der Waals surface area contributed by atoms with Crippen LogP contribution in [0.4, 0.5) is 0 Å². The van der Waals surface area contributed by atoms with Gasteiger partial charge in [0.05, 0.1) is 44.7 Å².